The number of likely N-dealkylation sites (tertiary alicyclic amines) is 1. The van der Waals surface area contributed by atoms with Gasteiger partial charge in [-0.15, -0.1) is 0 Å². The molecule has 4 rings (SSSR count). The summed E-state index contributed by atoms with van der Waals surface area (Å²) in [6.07, 6.45) is 3.46. The number of hydrogen-bond acceptors (Lipinski definition) is 5. The molecule has 6 nitrogen and oxygen atoms in total. The van der Waals surface area contributed by atoms with Crippen molar-refractivity contribution in [3.05, 3.63) is 65.9 Å². The Bertz CT molecular complexity index is 1180. The van der Waals surface area contributed by atoms with Crippen LogP contribution >= 0.6 is 62.5 Å². The Morgan fingerprint density at radius 1 is 1.06 bits per heavy atom. The molecule has 0 aliphatic carbocycles. The zero-order valence-electron chi connectivity index (χ0n) is 17.7. The van der Waals surface area contributed by atoms with E-state index in [-0.39, 0.29) is 24.0 Å². The molecule has 0 spiro atoms. The number of carbonyl (C=O) groups is 3. The predicted molar refractivity (Wildman–Crippen MR) is 138 cm³/mol. The minimum absolute atomic E-state index is 0.213. The van der Waals surface area contributed by atoms with Gasteiger partial charge in [0.2, 0.25) is 5.91 Å². The Morgan fingerprint density at radius 3 is 2.47 bits per heavy atom. The van der Waals surface area contributed by atoms with Gasteiger partial charge < -0.3 is 9.64 Å². The predicted octanol–water partition coefficient (Wildman–Crippen LogP) is 6.65. The summed E-state index contributed by atoms with van der Waals surface area (Å²) in [6, 6.07) is 8.58. The third-order valence-corrected chi connectivity index (χ3v) is 7.83. The summed E-state index contributed by atoms with van der Waals surface area (Å²) < 4.78 is 6.42. The van der Waals surface area contributed by atoms with E-state index < -0.39 is 11.1 Å². The molecule has 0 N–H and O–H groups in total. The van der Waals surface area contributed by atoms with Crippen LogP contribution in [0.15, 0.2) is 39.7 Å². The highest BCUT2D eigenvalue weighted by molar-refractivity contribution is 9.10. The molecule has 34 heavy (non-hydrogen) atoms. The number of thioether (sulfide) groups is 1. The molecule has 11 heteroatoms. The zero-order valence-corrected chi connectivity index (χ0v) is 22.3. The Hall–Kier alpha value is -1.71. The largest absolute Gasteiger partial charge is 0.486 e. The molecule has 178 valence electrons. The molecule has 2 aromatic carbocycles. The standard InChI is InChI=1S/C23H18BrCl3N2O4S/c24-15-7-14(9-18(27)21(15)33-12-13-3-4-16(25)17(26)8-13)10-19-22(31)29(23(32)34-19)11-20(30)28-5-1-2-6-28/h3-4,7-10H,1-2,5-6,11-12H2/b19-10+. The van der Waals surface area contributed by atoms with Gasteiger partial charge in [-0.25, -0.2) is 0 Å². The molecule has 0 aromatic heterocycles. The van der Waals surface area contributed by atoms with Crippen LogP contribution < -0.4 is 4.74 Å². The molecular formula is C23H18BrCl3N2O4S. The molecule has 0 unspecified atom stereocenters. The van der Waals surface area contributed by atoms with Crippen LogP contribution in [0.5, 0.6) is 5.75 Å². The second kappa shape index (κ2) is 10.9. The Labute approximate surface area is 224 Å². The van der Waals surface area contributed by atoms with E-state index in [1.807, 2.05) is 0 Å². The van der Waals surface area contributed by atoms with Crippen LogP contribution in [-0.2, 0) is 16.2 Å². The zero-order chi connectivity index (χ0) is 24.4. The summed E-state index contributed by atoms with van der Waals surface area (Å²) in [5.74, 6) is -0.278. The maximum absolute atomic E-state index is 12.8. The second-order valence-electron chi connectivity index (χ2n) is 7.71. The lowest BCUT2D eigenvalue weighted by molar-refractivity contribution is -0.135. The molecule has 2 aromatic rings. The van der Waals surface area contributed by atoms with Crippen LogP contribution in [0.4, 0.5) is 4.79 Å². The highest BCUT2D eigenvalue weighted by atomic mass is 79.9. The average molecular weight is 605 g/mol. The first-order valence-corrected chi connectivity index (χ1v) is 13.1. The lowest BCUT2D eigenvalue weighted by atomic mass is 10.2. The summed E-state index contributed by atoms with van der Waals surface area (Å²) in [7, 11) is 0. The number of imide groups is 1. The van der Waals surface area contributed by atoms with Crippen molar-refractivity contribution in [1.29, 1.82) is 0 Å². The van der Waals surface area contributed by atoms with E-state index in [9.17, 15) is 14.4 Å². The van der Waals surface area contributed by atoms with E-state index in [0.717, 1.165) is 35.1 Å². The molecule has 0 saturated carbocycles. The van der Waals surface area contributed by atoms with Gasteiger partial charge in [0.1, 0.15) is 13.2 Å². The van der Waals surface area contributed by atoms with Gasteiger partial charge in [-0.05, 0) is 82.0 Å². The SMILES string of the molecule is O=C(CN1C(=O)S/C(=C/c2cc(Cl)c(OCc3ccc(Cl)c(Cl)c3)c(Br)c2)C1=O)N1CCCC1. The van der Waals surface area contributed by atoms with E-state index in [2.05, 4.69) is 15.9 Å². The highest BCUT2D eigenvalue weighted by Gasteiger charge is 2.37. The molecular weight excluding hydrogens is 587 g/mol. The fraction of sp³-hybridized carbons (Fsp3) is 0.261. The van der Waals surface area contributed by atoms with Crippen molar-refractivity contribution in [3.63, 3.8) is 0 Å². The van der Waals surface area contributed by atoms with E-state index in [4.69, 9.17) is 39.5 Å². The third kappa shape index (κ3) is 5.74. The third-order valence-electron chi connectivity index (χ3n) is 5.31. The fourth-order valence-corrected chi connectivity index (χ4v) is 5.72. The molecule has 0 atom stereocenters. The Balaban J connectivity index is 1.46. The molecule has 0 radical (unpaired) electrons. The van der Waals surface area contributed by atoms with Gasteiger partial charge in [0.15, 0.2) is 5.75 Å². The van der Waals surface area contributed by atoms with E-state index >= 15 is 0 Å². The number of amides is 3. The molecule has 2 aliphatic rings. The summed E-state index contributed by atoms with van der Waals surface area (Å²) >= 11 is 22.7. The van der Waals surface area contributed by atoms with Crippen molar-refractivity contribution in [1.82, 2.24) is 9.80 Å². The summed E-state index contributed by atoms with van der Waals surface area (Å²) in [5, 5.41) is 0.748. The van der Waals surface area contributed by atoms with Crippen molar-refractivity contribution >= 4 is 85.6 Å². The minimum atomic E-state index is -0.491. The van der Waals surface area contributed by atoms with Crippen LogP contribution in [0.1, 0.15) is 24.0 Å². The summed E-state index contributed by atoms with van der Waals surface area (Å²) in [5.41, 5.74) is 1.42. The quantitative estimate of drug-likeness (QED) is 0.346. The first kappa shape index (κ1) is 25.4. The molecule has 2 saturated heterocycles. The number of carbonyl (C=O) groups excluding carboxylic acids is 3. The van der Waals surface area contributed by atoms with E-state index in [1.54, 1.807) is 41.3 Å². The van der Waals surface area contributed by atoms with Crippen LogP contribution in [-0.4, -0.2) is 46.5 Å². The normalized spacial score (nSPS) is 17.2. The van der Waals surface area contributed by atoms with Crippen LogP contribution in [0, 0.1) is 0 Å². The Kier molecular flexibility index (Phi) is 8.15. The lowest BCUT2D eigenvalue weighted by Crippen LogP contribution is -2.40. The number of halogens is 4. The first-order valence-electron chi connectivity index (χ1n) is 10.3. The van der Waals surface area contributed by atoms with Gasteiger partial charge in [0.05, 0.1) is 24.4 Å². The number of hydrogen-bond donors (Lipinski definition) is 0. The van der Waals surface area contributed by atoms with Crippen molar-refractivity contribution in [2.75, 3.05) is 19.6 Å². The van der Waals surface area contributed by atoms with Crippen molar-refractivity contribution in [2.24, 2.45) is 0 Å². The Morgan fingerprint density at radius 2 is 1.79 bits per heavy atom. The maximum Gasteiger partial charge on any atom is 0.294 e. The van der Waals surface area contributed by atoms with E-state index in [0.29, 0.717) is 43.9 Å². The second-order valence-corrected chi connectivity index (χ2v) is 10.8. The van der Waals surface area contributed by atoms with Gasteiger partial charge in [-0.3, -0.25) is 19.3 Å². The van der Waals surface area contributed by atoms with Crippen LogP contribution in [0.25, 0.3) is 6.08 Å². The van der Waals surface area contributed by atoms with Gasteiger partial charge in [-0.1, -0.05) is 40.9 Å². The number of rotatable bonds is 6. The maximum atomic E-state index is 12.8. The summed E-state index contributed by atoms with van der Waals surface area (Å²) in [4.78, 5) is 40.4. The first-order chi connectivity index (χ1) is 16.2. The minimum Gasteiger partial charge on any atom is -0.486 e. The molecule has 0 bridgehead atoms. The van der Waals surface area contributed by atoms with Crippen molar-refractivity contribution < 1.29 is 19.1 Å². The van der Waals surface area contributed by atoms with Gasteiger partial charge in [-0.2, -0.15) is 0 Å². The van der Waals surface area contributed by atoms with Gasteiger partial charge in [0.25, 0.3) is 11.1 Å². The fourth-order valence-electron chi connectivity index (χ4n) is 3.58. The smallest absolute Gasteiger partial charge is 0.294 e. The number of nitrogens with zero attached hydrogens (tertiary/aromatic N) is 2. The molecule has 2 heterocycles. The van der Waals surface area contributed by atoms with Gasteiger partial charge >= 0.3 is 0 Å². The van der Waals surface area contributed by atoms with Crippen molar-refractivity contribution in [2.45, 2.75) is 19.4 Å². The molecule has 2 aliphatic heterocycles. The monoisotopic (exact) mass is 602 g/mol. The summed E-state index contributed by atoms with van der Waals surface area (Å²) in [6.45, 7) is 1.31. The lowest BCUT2D eigenvalue weighted by Gasteiger charge is -2.18. The van der Waals surface area contributed by atoms with Crippen LogP contribution in [0.2, 0.25) is 15.1 Å². The molecule has 2 fully saturated rings. The average Bonchev–Trinajstić information content (AvgIpc) is 3.41. The highest BCUT2D eigenvalue weighted by Crippen LogP contribution is 2.38. The number of benzene rings is 2. The van der Waals surface area contributed by atoms with Gasteiger partial charge in [0, 0.05) is 13.1 Å². The van der Waals surface area contributed by atoms with Crippen LogP contribution in [0.3, 0.4) is 0 Å². The topological polar surface area (TPSA) is 66.9 Å². The van der Waals surface area contributed by atoms with Crippen molar-refractivity contribution in [3.8, 4) is 5.75 Å². The molecule has 3 amide bonds. The number of ether oxygens (including phenoxy) is 1. The van der Waals surface area contributed by atoms with E-state index in [1.165, 1.54) is 0 Å².